The summed E-state index contributed by atoms with van der Waals surface area (Å²) in [5.74, 6) is 0.815. The van der Waals surface area contributed by atoms with Crippen molar-refractivity contribution in [1.29, 1.82) is 0 Å². The molecule has 0 heterocycles. The van der Waals surface area contributed by atoms with E-state index in [0.29, 0.717) is 0 Å². The molecule has 1 rings (SSSR count). The fraction of sp³-hybridized carbons (Fsp3) is 0.933. The molecule has 0 unspecified atom stereocenters. The maximum absolute atomic E-state index is 12.0. The summed E-state index contributed by atoms with van der Waals surface area (Å²) in [5.41, 5.74) is -0.394. The van der Waals surface area contributed by atoms with E-state index < -0.39 is 5.60 Å². The lowest BCUT2D eigenvalue weighted by atomic mass is 9.87. The Morgan fingerprint density at radius 1 is 1.22 bits per heavy atom. The number of ether oxygens (including phenoxy) is 1. The molecule has 1 fully saturated rings. The molecule has 1 saturated carbocycles. The Bertz CT molecular complexity index is 252. The molecule has 3 nitrogen and oxygen atoms in total. The summed E-state index contributed by atoms with van der Waals surface area (Å²) in [7, 11) is 0. The van der Waals surface area contributed by atoms with Crippen molar-refractivity contribution in [2.24, 2.45) is 5.92 Å². The third kappa shape index (κ3) is 5.74. The van der Waals surface area contributed by atoms with E-state index in [1.54, 1.807) is 0 Å². The number of carbonyl (C=O) groups is 1. The molecule has 1 aliphatic carbocycles. The van der Waals surface area contributed by atoms with E-state index in [-0.39, 0.29) is 6.09 Å². The number of hydrogen-bond acceptors (Lipinski definition) is 2. The summed E-state index contributed by atoms with van der Waals surface area (Å²) in [6.07, 6.45) is 7.76. The van der Waals surface area contributed by atoms with Gasteiger partial charge in [-0.3, -0.25) is 0 Å². The Kier molecular flexibility index (Phi) is 5.97. The third-order valence-electron chi connectivity index (χ3n) is 3.57. The molecule has 3 heteroatoms. The van der Waals surface area contributed by atoms with E-state index in [9.17, 15) is 4.79 Å². The predicted molar refractivity (Wildman–Crippen MR) is 74.7 cm³/mol. The number of hydrogen-bond donors (Lipinski definition) is 0. The SMILES string of the molecule is CCN(CCC1CCCCC1)C(=O)OC(C)(C)C. The Balaban J connectivity index is 2.34. The summed E-state index contributed by atoms with van der Waals surface area (Å²) < 4.78 is 5.42. The van der Waals surface area contributed by atoms with Crippen LogP contribution in [-0.2, 0) is 4.74 Å². The van der Waals surface area contributed by atoms with E-state index in [2.05, 4.69) is 0 Å². The number of carbonyl (C=O) groups excluding carboxylic acids is 1. The molecule has 0 bridgehead atoms. The average Bonchev–Trinajstić information content (AvgIpc) is 2.29. The fourth-order valence-electron chi connectivity index (χ4n) is 2.52. The van der Waals surface area contributed by atoms with Crippen molar-refractivity contribution < 1.29 is 9.53 Å². The minimum absolute atomic E-state index is 0.166. The normalized spacial score (nSPS) is 17.6. The van der Waals surface area contributed by atoms with Gasteiger partial charge in [-0.1, -0.05) is 32.1 Å². The largest absolute Gasteiger partial charge is 0.444 e. The van der Waals surface area contributed by atoms with E-state index in [1.807, 2.05) is 32.6 Å². The lowest BCUT2D eigenvalue weighted by Crippen LogP contribution is -2.37. The van der Waals surface area contributed by atoms with Crippen LogP contribution >= 0.6 is 0 Å². The van der Waals surface area contributed by atoms with Crippen molar-refractivity contribution in [2.75, 3.05) is 13.1 Å². The second-order valence-electron chi connectivity index (χ2n) is 6.35. The molecule has 0 spiro atoms. The van der Waals surface area contributed by atoms with Crippen molar-refractivity contribution in [3.8, 4) is 0 Å². The van der Waals surface area contributed by atoms with Gasteiger partial charge in [-0.05, 0) is 40.0 Å². The van der Waals surface area contributed by atoms with Gasteiger partial charge >= 0.3 is 6.09 Å². The first kappa shape index (κ1) is 15.3. The zero-order valence-corrected chi connectivity index (χ0v) is 12.5. The summed E-state index contributed by atoms with van der Waals surface area (Å²) >= 11 is 0. The van der Waals surface area contributed by atoms with Crippen molar-refractivity contribution in [2.45, 2.75) is 71.8 Å². The van der Waals surface area contributed by atoms with Gasteiger partial charge in [-0.2, -0.15) is 0 Å². The molecule has 0 atom stereocenters. The number of rotatable bonds is 4. The molecule has 0 aromatic heterocycles. The summed E-state index contributed by atoms with van der Waals surface area (Å²) in [5, 5.41) is 0. The van der Waals surface area contributed by atoms with Gasteiger partial charge in [0.1, 0.15) is 5.60 Å². The van der Waals surface area contributed by atoms with Crippen LogP contribution in [0.3, 0.4) is 0 Å². The molecule has 1 amide bonds. The van der Waals surface area contributed by atoms with Crippen molar-refractivity contribution in [3.63, 3.8) is 0 Å². The first-order valence-corrected chi connectivity index (χ1v) is 7.40. The highest BCUT2D eigenvalue weighted by molar-refractivity contribution is 5.68. The van der Waals surface area contributed by atoms with E-state index in [1.165, 1.54) is 32.1 Å². The van der Waals surface area contributed by atoms with E-state index in [4.69, 9.17) is 4.74 Å². The first-order chi connectivity index (χ1) is 8.42. The molecular weight excluding hydrogens is 226 g/mol. The van der Waals surface area contributed by atoms with Crippen LogP contribution in [0.25, 0.3) is 0 Å². The molecule has 106 valence electrons. The van der Waals surface area contributed by atoms with Crippen LogP contribution in [0, 0.1) is 5.92 Å². The molecule has 1 aliphatic rings. The maximum atomic E-state index is 12.0. The van der Waals surface area contributed by atoms with Crippen LogP contribution in [0.4, 0.5) is 4.79 Å². The summed E-state index contributed by atoms with van der Waals surface area (Å²) in [6.45, 7) is 9.35. The quantitative estimate of drug-likeness (QED) is 0.753. The van der Waals surface area contributed by atoms with Crippen LogP contribution in [0.15, 0.2) is 0 Å². The highest BCUT2D eigenvalue weighted by Gasteiger charge is 2.22. The van der Waals surface area contributed by atoms with Gasteiger partial charge in [0, 0.05) is 13.1 Å². The van der Waals surface area contributed by atoms with Crippen LogP contribution in [-0.4, -0.2) is 29.7 Å². The minimum Gasteiger partial charge on any atom is -0.444 e. The van der Waals surface area contributed by atoms with Crippen molar-refractivity contribution in [3.05, 3.63) is 0 Å². The van der Waals surface area contributed by atoms with Crippen molar-refractivity contribution in [1.82, 2.24) is 4.90 Å². The first-order valence-electron chi connectivity index (χ1n) is 7.40. The molecule has 0 aliphatic heterocycles. The van der Waals surface area contributed by atoms with Gasteiger partial charge in [0.05, 0.1) is 0 Å². The second kappa shape index (κ2) is 7.01. The Morgan fingerprint density at radius 2 is 1.83 bits per heavy atom. The van der Waals surface area contributed by atoms with Crippen LogP contribution in [0.1, 0.15) is 66.2 Å². The average molecular weight is 255 g/mol. The maximum Gasteiger partial charge on any atom is 0.410 e. The lowest BCUT2D eigenvalue weighted by molar-refractivity contribution is 0.0247. The lowest BCUT2D eigenvalue weighted by Gasteiger charge is -2.28. The Labute approximate surface area is 112 Å². The van der Waals surface area contributed by atoms with Gasteiger partial charge in [0.25, 0.3) is 0 Å². The summed E-state index contributed by atoms with van der Waals surface area (Å²) in [6, 6.07) is 0. The highest BCUT2D eigenvalue weighted by Crippen LogP contribution is 2.26. The van der Waals surface area contributed by atoms with E-state index >= 15 is 0 Å². The van der Waals surface area contributed by atoms with Crippen molar-refractivity contribution >= 4 is 6.09 Å². The molecule has 18 heavy (non-hydrogen) atoms. The fourth-order valence-corrected chi connectivity index (χ4v) is 2.52. The van der Waals surface area contributed by atoms with Gasteiger partial charge in [0.2, 0.25) is 0 Å². The van der Waals surface area contributed by atoms with Crippen LogP contribution in [0.5, 0.6) is 0 Å². The van der Waals surface area contributed by atoms with Gasteiger partial charge in [0.15, 0.2) is 0 Å². The molecule has 0 aromatic rings. The van der Waals surface area contributed by atoms with Gasteiger partial charge in [-0.25, -0.2) is 4.79 Å². The molecule has 0 radical (unpaired) electrons. The number of amides is 1. The standard InChI is InChI=1S/C15H29NO2/c1-5-16(14(17)18-15(2,3)4)12-11-13-9-7-6-8-10-13/h13H,5-12H2,1-4H3. The second-order valence-corrected chi connectivity index (χ2v) is 6.35. The highest BCUT2D eigenvalue weighted by atomic mass is 16.6. The molecule has 0 aromatic carbocycles. The predicted octanol–water partition coefficient (Wildman–Crippen LogP) is 4.21. The molecule has 0 saturated heterocycles. The van der Waals surface area contributed by atoms with Crippen LogP contribution in [0.2, 0.25) is 0 Å². The monoisotopic (exact) mass is 255 g/mol. The minimum atomic E-state index is -0.394. The van der Waals surface area contributed by atoms with Crippen LogP contribution < -0.4 is 0 Å². The Hall–Kier alpha value is -0.730. The molecule has 0 N–H and O–H groups in total. The van der Waals surface area contributed by atoms with Gasteiger partial charge in [-0.15, -0.1) is 0 Å². The summed E-state index contributed by atoms with van der Waals surface area (Å²) in [4.78, 5) is 13.8. The smallest absolute Gasteiger partial charge is 0.410 e. The zero-order chi connectivity index (χ0) is 13.6. The van der Waals surface area contributed by atoms with Gasteiger partial charge < -0.3 is 9.64 Å². The topological polar surface area (TPSA) is 29.5 Å². The third-order valence-corrected chi connectivity index (χ3v) is 3.57. The Morgan fingerprint density at radius 3 is 2.33 bits per heavy atom. The number of nitrogens with zero attached hydrogens (tertiary/aromatic N) is 1. The molecular formula is C15H29NO2. The zero-order valence-electron chi connectivity index (χ0n) is 12.5. The van der Waals surface area contributed by atoms with E-state index in [0.717, 1.165) is 25.4 Å².